The van der Waals surface area contributed by atoms with Gasteiger partial charge in [0, 0.05) is 11.3 Å². The Morgan fingerprint density at radius 2 is 1.70 bits per heavy atom. The summed E-state index contributed by atoms with van der Waals surface area (Å²) in [4.78, 5) is 12.5. The van der Waals surface area contributed by atoms with Crippen molar-refractivity contribution in [1.82, 2.24) is 10.6 Å². The fourth-order valence-electron chi connectivity index (χ4n) is 2.32. The number of hydrogen-bond acceptors (Lipinski definition) is 2. The number of nitrogens with one attached hydrogen (secondary N) is 3. The quantitative estimate of drug-likeness (QED) is 0.352. The summed E-state index contributed by atoms with van der Waals surface area (Å²) in [7, 11) is 0. The van der Waals surface area contributed by atoms with Gasteiger partial charge >= 0.3 is 0 Å². The Morgan fingerprint density at radius 3 is 2.30 bits per heavy atom. The predicted molar refractivity (Wildman–Crippen MR) is 118 cm³/mol. The van der Waals surface area contributed by atoms with Crippen LogP contribution in [0.1, 0.15) is 27.0 Å². The molecule has 0 radical (unpaired) electrons. The largest absolute Gasteiger partial charge is 0.339 e. The van der Waals surface area contributed by atoms with Gasteiger partial charge in [-0.15, -0.1) is 0 Å². The molecule has 3 N–H and O–H groups in total. The summed E-state index contributed by atoms with van der Waals surface area (Å²) in [5.41, 5.74) is 4.50. The van der Waals surface area contributed by atoms with Crippen molar-refractivity contribution in [3.63, 3.8) is 0 Å². The summed E-state index contributed by atoms with van der Waals surface area (Å²) in [5, 5.41) is 8.76. The lowest BCUT2D eigenvalue weighted by Crippen LogP contribution is -2.56. The highest BCUT2D eigenvalue weighted by Crippen LogP contribution is 2.29. The van der Waals surface area contributed by atoms with Crippen LogP contribution in [0.3, 0.4) is 0 Å². The molecular formula is C19H20Cl3N3OS. The number of rotatable bonds is 4. The molecule has 0 fully saturated rings. The normalized spacial score (nSPS) is 12.2. The van der Waals surface area contributed by atoms with Gasteiger partial charge in [0.1, 0.15) is 6.17 Å². The summed E-state index contributed by atoms with van der Waals surface area (Å²) < 4.78 is -1.81. The second kappa shape index (κ2) is 9.11. The molecule has 0 saturated carbocycles. The monoisotopic (exact) mass is 443 g/mol. The molecule has 0 aliphatic carbocycles. The molecule has 1 unspecified atom stereocenters. The maximum Gasteiger partial charge on any atom is 0.252 e. The van der Waals surface area contributed by atoms with Crippen molar-refractivity contribution < 1.29 is 4.79 Å². The van der Waals surface area contributed by atoms with Gasteiger partial charge in [-0.05, 0) is 68.4 Å². The second-order valence-corrected chi connectivity index (χ2v) is 8.99. The molecule has 8 heteroatoms. The zero-order valence-corrected chi connectivity index (χ0v) is 18.2. The van der Waals surface area contributed by atoms with Crippen molar-refractivity contribution >= 4 is 63.7 Å². The minimum atomic E-state index is -1.81. The lowest BCUT2D eigenvalue weighted by molar-refractivity contribution is 0.0934. The maximum atomic E-state index is 12.5. The number of hydrogen-bond donors (Lipinski definition) is 3. The molecule has 0 aliphatic heterocycles. The van der Waals surface area contributed by atoms with Gasteiger partial charge in [-0.25, -0.2) is 0 Å². The molecule has 0 heterocycles. The Balaban J connectivity index is 2.08. The van der Waals surface area contributed by atoms with Crippen molar-refractivity contribution in [1.29, 1.82) is 0 Å². The van der Waals surface area contributed by atoms with Gasteiger partial charge in [0.2, 0.25) is 3.79 Å². The number of amides is 1. The molecule has 0 saturated heterocycles. The molecule has 144 valence electrons. The van der Waals surface area contributed by atoms with Crippen LogP contribution >= 0.6 is 47.0 Å². The molecule has 0 aromatic heterocycles. The van der Waals surface area contributed by atoms with Crippen molar-refractivity contribution in [3.05, 3.63) is 64.7 Å². The van der Waals surface area contributed by atoms with E-state index in [1.165, 1.54) is 5.56 Å². The van der Waals surface area contributed by atoms with Crippen LogP contribution in [0.2, 0.25) is 0 Å². The van der Waals surface area contributed by atoms with Crippen LogP contribution in [0, 0.1) is 20.8 Å². The van der Waals surface area contributed by atoms with Crippen molar-refractivity contribution in [2.45, 2.75) is 30.7 Å². The van der Waals surface area contributed by atoms with E-state index < -0.39 is 9.96 Å². The average molecular weight is 445 g/mol. The Labute approximate surface area is 179 Å². The summed E-state index contributed by atoms with van der Waals surface area (Å²) in [5.74, 6) is -0.378. The van der Waals surface area contributed by atoms with E-state index in [0.29, 0.717) is 5.56 Å². The Kier molecular flexibility index (Phi) is 7.34. The van der Waals surface area contributed by atoms with Crippen LogP contribution in [0.4, 0.5) is 5.69 Å². The van der Waals surface area contributed by atoms with Crippen LogP contribution < -0.4 is 16.0 Å². The number of anilines is 1. The molecule has 0 spiro atoms. The van der Waals surface area contributed by atoms with Gasteiger partial charge in [0.15, 0.2) is 5.11 Å². The minimum absolute atomic E-state index is 0.221. The highest BCUT2D eigenvalue weighted by Gasteiger charge is 2.34. The minimum Gasteiger partial charge on any atom is -0.339 e. The van der Waals surface area contributed by atoms with Crippen molar-refractivity contribution in [3.8, 4) is 0 Å². The van der Waals surface area contributed by atoms with Crippen molar-refractivity contribution in [2.24, 2.45) is 0 Å². The highest BCUT2D eigenvalue weighted by molar-refractivity contribution is 7.80. The predicted octanol–water partition coefficient (Wildman–Crippen LogP) is 5.02. The molecule has 2 aromatic carbocycles. The summed E-state index contributed by atoms with van der Waals surface area (Å²) in [6.07, 6.45) is -1.03. The van der Waals surface area contributed by atoms with Gasteiger partial charge in [-0.3, -0.25) is 4.79 Å². The first-order valence-corrected chi connectivity index (χ1v) is 9.69. The third-order valence-corrected chi connectivity index (χ3v) is 4.80. The van der Waals surface area contributed by atoms with Crippen LogP contribution in [0.5, 0.6) is 0 Å². The molecule has 0 aliphatic rings. The first-order chi connectivity index (χ1) is 12.6. The Bertz CT molecular complexity index is 852. The van der Waals surface area contributed by atoms with E-state index in [-0.39, 0.29) is 11.0 Å². The fraction of sp³-hybridized carbons (Fsp3) is 0.263. The molecule has 2 aromatic rings. The van der Waals surface area contributed by atoms with E-state index in [1.54, 1.807) is 18.2 Å². The first-order valence-electron chi connectivity index (χ1n) is 8.15. The number of carbonyl (C=O) groups is 1. The van der Waals surface area contributed by atoms with Crippen LogP contribution in [-0.4, -0.2) is 21.0 Å². The fourth-order valence-corrected chi connectivity index (χ4v) is 2.88. The summed E-state index contributed by atoms with van der Waals surface area (Å²) in [6.45, 7) is 5.92. The molecule has 1 amide bonds. The number of aryl methyl sites for hydroxylation is 3. The Hall–Kier alpha value is -1.53. The molecule has 0 bridgehead atoms. The second-order valence-electron chi connectivity index (χ2n) is 6.22. The van der Waals surface area contributed by atoms with Gasteiger partial charge in [-0.1, -0.05) is 58.6 Å². The molecule has 2 rings (SSSR count). The van der Waals surface area contributed by atoms with Gasteiger partial charge in [0.05, 0.1) is 0 Å². The lowest BCUT2D eigenvalue weighted by Gasteiger charge is -2.28. The Morgan fingerprint density at radius 1 is 1.00 bits per heavy atom. The third-order valence-electron chi connectivity index (χ3n) is 3.92. The SMILES string of the molecule is Cc1cccc(C(=O)NC(NC(=S)Nc2ccc(C)c(C)c2)C(Cl)(Cl)Cl)c1. The van der Waals surface area contributed by atoms with E-state index >= 15 is 0 Å². The number of thiocarbonyl (C=S) groups is 1. The van der Waals surface area contributed by atoms with Gasteiger partial charge < -0.3 is 16.0 Å². The van der Waals surface area contributed by atoms with Gasteiger partial charge in [0.25, 0.3) is 5.91 Å². The van der Waals surface area contributed by atoms with Crippen LogP contribution in [0.15, 0.2) is 42.5 Å². The van der Waals surface area contributed by atoms with Crippen molar-refractivity contribution in [2.75, 3.05) is 5.32 Å². The van der Waals surface area contributed by atoms with E-state index in [0.717, 1.165) is 16.8 Å². The average Bonchev–Trinajstić information content (AvgIpc) is 2.56. The zero-order valence-electron chi connectivity index (χ0n) is 15.1. The summed E-state index contributed by atoms with van der Waals surface area (Å²) in [6, 6.07) is 12.9. The molecule has 27 heavy (non-hydrogen) atoms. The van der Waals surface area contributed by atoms with E-state index in [2.05, 4.69) is 16.0 Å². The smallest absolute Gasteiger partial charge is 0.252 e. The van der Waals surface area contributed by atoms with E-state index in [4.69, 9.17) is 47.0 Å². The topological polar surface area (TPSA) is 53.2 Å². The lowest BCUT2D eigenvalue weighted by atomic mass is 10.1. The maximum absolute atomic E-state index is 12.5. The number of benzene rings is 2. The van der Waals surface area contributed by atoms with E-state index in [1.807, 2.05) is 45.0 Å². The summed E-state index contributed by atoms with van der Waals surface area (Å²) >= 11 is 23.4. The standard InChI is InChI=1S/C19H20Cl3N3OS/c1-11-5-4-6-14(9-11)16(26)24-17(19(20,21)22)25-18(27)23-15-8-7-12(2)13(3)10-15/h4-10,17H,1-3H3,(H,24,26)(H2,23,25,27). The number of alkyl halides is 3. The highest BCUT2D eigenvalue weighted by atomic mass is 35.6. The number of carbonyl (C=O) groups excluding carboxylic acids is 1. The zero-order chi connectivity index (χ0) is 20.2. The van der Waals surface area contributed by atoms with Gasteiger partial charge in [-0.2, -0.15) is 0 Å². The van der Waals surface area contributed by atoms with Crippen LogP contribution in [0.25, 0.3) is 0 Å². The molecular weight excluding hydrogens is 425 g/mol. The van der Waals surface area contributed by atoms with Crippen LogP contribution in [-0.2, 0) is 0 Å². The third kappa shape index (κ3) is 6.54. The molecule has 1 atom stereocenters. The number of halogens is 3. The van der Waals surface area contributed by atoms with E-state index in [9.17, 15) is 4.79 Å². The molecule has 4 nitrogen and oxygen atoms in total. The first kappa shape index (κ1) is 21.8.